The van der Waals surface area contributed by atoms with Gasteiger partial charge in [0, 0.05) is 10.1 Å². The van der Waals surface area contributed by atoms with Gasteiger partial charge in [0.1, 0.15) is 0 Å². The van der Waals surface area contributed by atoms with Gasteiger partial charge in [-0.3, -0.25) is 0 Å². The normalized spacial score (nSPS) is 17.8. The first-order valence-electron chi connectivity index (χ1n) is 5.28. The molecule has 2 rings (SSSR count). The van der Waals surface area contributed by atoms with Gasteiger partial charge in [0.25, 0.3) is 0 Å². The average molecular weight is 243 g/mol. The highest BCUT2D eigenvalue weighted by atomic mass is 35.5. The molecule has 1 N–H and O–H groups in total. The van der Waals surface area contributed by atoms with Crippen LogP contribution in [0.5, 0.6) is 0 Å². The Morgan fingerprint density at radius 3 is 2.80 bits per heavy atom. The Morgan fingerprint density at radius 1 is 1.53 bits per heavy atom. The van der Waals surface area contributed by atoms with Gasteiger partial charge in [0.2, 0.25) is 0 Å². The molecule has 1 aromatic carbocycles. The first-order valence-corrected chi connectivity index (χ1v) is 6.54. The van der Waals surface area contributed by atoms with Gasteiger partial charge in [-0.05, 0) is 43.9 Å². The van der Waals surface area contributed by atoms with E-state index >= 15 is 0 Å². The molecule has 1 aliphatic rings. The summed E-state index contributed by atoms with van der Waals surface area (Å²) in [4.78, 5) is 1.17. The number of rotatable bonds is 4. The standard InChI is InChI=1S/C12H15ClOS/c1-8(14)6-9-2-5-12(11(13)7-9)15-10-3-4-10/h2,5,7-8,10,14H,3-4,6H2,1H3. The van der Waals surface area contributed by atoms with Crippen LogP contribution in [0.2, 0.25) is 5.02 Å². The zero-order valence-electron chi connectivity index (χ0n) is 8.74. The average Bonchev–Trinajstić information content (AvgIpc) is 2.92. The molecule has 0 amide bonds. The molecule has 1 nitrogen and oxygen atoms in total. The highest BCUT2D eigenvalue weighted by Gasteiger charge is 2.23. The van der Waals surface area contributed by atoms with E-state index in [0.717, 1.165) is 15.8 Å². The van der Waals surface area contributed by atoms with E-state index < -0.39 is 0 Å². The minimum atomic E-state index is -0.303. The summed E-state index contributed by atoms with van der Waals surface area (Å²) in [6.45, 7) is 1.79. The summed E-state index contributed by atoms with van der Waals surface area (Å²) in [5.41, 5.74) is 1.11. The molecule has 0 saturated heterocycles. The van der Waals surface area contributed by atoms with Crippen molar-refractivity contribution >= 4 is 23.4 Å². The second-order valence-electron chi connectivity index (χ2n) is 4.14. The second kappa shape index (κ2) is 4.77. The van der Waals surface area contributed by atoms with Crippen molar-refractivity contribution in [2.75, 3.05) is 0 Å². The zero-order valence-corrected chi connectivity index (χ0v) is 10.3. The van der Waals surface area contributed by atoms with Gasteiger partial charge < -0.3 is 5.11 Å². The minimum absolute atomic E-state index is 0.303. The first kappa shape index (κ1) is 11.3. The molecule has 0 bridgehead atoms. The van der Waals surface area contributed by atoms with E-state index in [0.29, 0.717) is 6.42 Å². The van der Waals surface area contributed by atoms with Gasteiger partial charge in [-0.2, -0.15) is 0 Å². The fraction of sp³-hybridized carbons (Fsp3) is 0.500. The van der Waals surface area contributed by atoms with Crippen molar-refractivity contribution < 1.29 is 5.11 Å². The smallest absolute Gasteiger partial charge is 0.0552 e. The van der Waals surface area contributed by atoms with Crippen molar-refractivity contribution in [2.24, 2.45) is 0 Å². The fourth-order valence-electron chi connectivity index (χ4n) is 1.47. The van der Waals surface area contributed by atoms with Crippen LogP contribution in [-0.4, -0.2) is 16.5 Å². The molecule has 0 aliphatic heterocycles. The lowest BCUT2D eigenvalue weighted by Crippen LogP contribution is -2.03. The fourth-order valence-corrected chi connectivity index (χ4v) is 2.86. The summed E-state index contributed by atoms with van der Waals surface area (Å²) < 4.78 is 0. The Morgan fingerprint density at radius 2 is 2.27 bits per heavy atom. The summed E-state index contributed by atoms with van der Waals surface area (Å²) in [5.74, 6) is 0. The lowest BCUT2D eigenvalue weighted by Gasteiger charge is -2.07. The number of hydrogen-bond donors (Lipinski definition) is 1. The molecule has 15 heavy (non-hydrogen) atoms. The van der Waals surface area contributed by atoms with Gasteiger partial charge >= 0.3 is 0 Å². The zero-order chi connectivity index (χ0) is 10.8. The molecule has 1 fully saturated rings. The van der Waals surface area contributed by atoms with Crippen LogP contribution in [0.3, 0.4) is 0 Å². The molecule has 1 atom stereocenters. The van der Waals surface area contributed by atoms with E-state index in [1.807, 2.05) is 17.8 Å². The van der Waals surface area contributed by atoms with Crippen LogP contribution >= 0.6 is 23.4 Å². The Kier molecular flexibility index (Phi) is 3.60. The van der Waals surface area contributed by atoms with Crippen LogP contribution in [0.1, 0.15) is 25.3 Å². The largest absolute Gasteiger partial charge is 0.393 e. The molecule has 1 aliphatic carbocycles. The molecule has 0 radical (unpaired) electrons. The number of thioether (sulfide) groups is 1. The Balaban J connectivity index is 2.07. The van der Waals surface area contributed by atoms with Gasteiger partial charge in [-0.15, -0.1) is 11.8 Å². The molecule has 1 unspecified atom stereocenters. The van der Waals surface area contributed by atoms with E-state index in [1.54, 1.807) is 6.92 Å². The Labute approximate surface area is 99.8 Å². The summed E-state index contributed by atoms with van der Waals surface area (Å²) in [6.07, 6.45) is 3.00. The third-order valence-electron chi connectivity index (χ3n) is 2.35. The van der Waals surface area contributed by atoms with Gasteiger partial charge in [-0.1, -0.05) is 17.7 Å². The third-order valence-corrected chi connectivity index (χ3v) is 4.18. The predicted molar refractivity (Wildman–Crippen MR) is 65.7 cm³/mol. The number of halogens is 1. The number of benzene rings is 1. The van der Waals surface area contributed by atoms with Crippen molar-refractivity contribution in [3.8, 4) is 0 Å². The highest BCUT2D eigenvalue weighted by molar-refractivity contribution is 8.00. The molecule has 82 valence electrons. The number of aliphatic hydroxyl groups excluding tert-OH is 1. The number of aliphatic hydroxyl groups is 1. The molecule has 1 saturated carbocycles. The first-order chi connectivity index (χ1) is 7.15. The van der Waals surface area contributed by atoms with Crippen molar-refractivity contribution in [1.29, 1.82) is 0 Å². The van der Waals surface area contributed by atoms with Crippen LogP contribution in [0.4, 0.5) is 0 Å². The van der Waals surface area contributed by atoms with E-state index in [1.165, 1.54) is 17.7 Å². The van der Waals surface area contributed by atoms with Crippen molar-refractivity contribution in [3.63, 3.8) is 0 Å². The van der Waals surface area contributed by atoms with Crippen LogP contribution < -0.4 is 0 Å². The van der Waals surface area contributed by atoms with Crippen molar-refractivity contribution in [2.45, 2.75) is 42.4 Å². The Hall–Kier alpha value is -0.180. The third kappa shape index (κ3) is 3.40. The lowest BCUT2D eigenvalue weighted by atomic mass is 10.1. The minimum Gasteiger partial charge on any atom is -0.393 e. The lowest BCUT2D eigenvalue weighted by molar-refractivity contribution is 0.195. The van der Waals surface area contributed by atoms with Crippen LogP contribution in [-0.2, 0) is 6.42 Å². The van der Waals surface area contributed by atoms with Crippen molar-refractivity contribution in [1.82, 2.24) is 0 Å². The maximum atomic E-state index is 9.27. The summed E-state index contributed by atoms with van der Waals surface area (Å²) >= 11 is 8.05. The summed E-state index contributed by atoms with van der Waals surface area (Å²) in [5, 5.41) is 10.9. The van der Waals surface area contributed by atoms with E-state index in [9.17, 15) is 5.11 Å². The molecule has 0 spiro atoms. The SMILES string of the molecule is CC(O)Cc1ccc(SC2CC2)c(Cl)c1. The second-order valence-corrected chi connectivity index (χ2v) is 5.88. The molecule has 1 aromatic rings. The number of hydrogen-bond acceptors (Lipinski definition) is 2. The van der Waals surface area contributed by atoms with Crippen LogP contribution in [0.15, 0.2) is 23.1 Å². The highest BCUT2D eigenvalue weighted by Crippen LogP contribution is 2.41. The molecule has 0 heterocycles. The Bertz CT molecular complexity index is 347. The molecule has 3 heteroatoms. The van der Waals surface area contributed by atoms with Gasteiger partial charge in [0.05, 0.1) is 11.1 Å². The maximum Gasteiger partial charge on any atom is 0.0552 e. The molecular weight excluding hydrogens is 228 g/mol. The van der Waals surface area contributed by atoms with E-state index in [-0.39, 0.29) is 6.10 Å². The van der Waals surface area contributed by atoms with Gasteiger partial charge in [0.15, 0.2) is 0 Å². The summed E-state index contributed by atoms with van der Waals surface area (Å²) in [6, 6.07) is 6.10. The molecule has 0 aromatic heterocycles. The summed E-state index contributed by atoms with van der Waals surface area (Å²) in [7, 11) is 0. The topological polar surface area (TPSA) is 20.2 Å². The maximum absolute atomic E-state index is 9.27. The predicted octanol–water partition coefficient (Wildman–Crippen LogP) is 3.52. The monoisotopic (exact) mass is 242 g/mol. The quantitative estimate of drug-likeness (QED) is 0.872. The van der Waals surface area contributed by atoms with Crippen LogP contribution in [0.25, 0.3) is 0 Å². The van der Waals surface area contributed by atoms with E-state index in [4.69, 9.17) is 11.6 Å². The van der Waals surface area contributed by atoms with E-state index in [2.05, 4.69) is 12.1 Å². The van der Waals surface area contributed by atoms with Crippen LogP contribution in [0, 0.1) is 0 Å². The van der Waals surface area contributed by atoms with Crippen molar-refractivity contribution in [3.05, 3.63) is 28.8 Å². The molecular formula is C12H15ClOS. The van der Waals surface area contributed by atoms with Gasteiger partial charge in [-0.25, -0.2) is 0 Å².